The van der Waals surface area contributed by atoms with Crippen LogP contribution in [0.2, 0.25) is 0 Å². The predicted octanol–water partition coefficient (Wildman–Crippen LogP) is 3.13. The second-order valence-corrected chi connectivity index (χ2v) is 6.27. The molecule has 1 saturated carbocycles. The summed E-state index contributed by atoms with van der Waals surface area (Å²) in [4.78, 5) is 14.2. The Kier molecular flexibility index (Phi) is 4.40. The van der Waals surface area contributed by atoms with E-state index in [4.69, 9.17) is 0 Å². The molecule has 0 radical (unpaired) electrons. The Morgan fingerprint density at radius 2 is 2.18 bits per heavy atom. The normalized spacial score (nSPS) is 28.0. The van der Waals surface area contributed by atoms with E-state index in [1.165, 1.54) is 32.1 Å². The first-order valence-corrected chi connectivity index (χ1v) is 7.71. The molecule has 98 valence electrons. The van der Waals surface area contributed by atoms with Gasteiger partial charge in [0.05, 0.1) is 0 Å². The van der Waals surface area contributed by atoms with Gasteiger partial charge in [-0.2, -0.15) is 12.6 Å². The van der Waals surface area contributed by atoms with E-state index >= 15 is 0 Å². The minimum Gasteiger partial charge on any atom is -0.342 e. The summed E-state index contributed by atoms with van der Waals surface area (Å²) in [5.74, 6) is 2.10. The van der Waals surface area contributed by atoms with Crippen LogP contribution in [0.25, 0.3) is 0 Å². The lowest BCUT2D eigenvalue weighted by Gasteiger charge is -2.25. The molecule has 0 N–H and O–H groups in total. The van der Waals surface area contributed by atoms with Crippen LogP contribution in [0.5, 0.6) is 0 Å². The van der Waals surface area contributed by atoms with Gasteiger partial charge in [0, 0.05) is 19.5 Å². The third kappa shape index (κ3) is 3.40. The lowest BCUT2D eigenvalue weighted by Crippen LogP contribution is -2.36. The molecular weight excluding hydrogens is 230 g/mol. The Labute approximate surface area is 111 Å². The van der Waals surface area contributed by atoms with Crippen LogP contribution in [0.15, 0.2) is 0 Å². The predicted molar refractivity (Wildman–Crippen MR) is 74.3 cm³/mol. The third-order valence-corrected chi connectivity index (χ3v) is 5.11. The van der Waals surface area contributed by atoms with Crippen LogP contribution in [-0.2, 0) is 4.79 Å². The van der Waals surface area contributed by atoms with E-state index in [1.54, 1.807) is 0 Å². The van der Waals surface area contributed by atoms with E-state index in [0.717, 1.165) is 37.6 Å². The van der Waals surface area contributed by atoms with Gasteiger partial charge in [-0.1, -0.05) is 19.8 Å². The Morgan fingerprint density at radius 3 is 2.76 bits per heavy atom. The van der Waals surface area contributed by atoms with Crippen molar-refractivity contribution in [1.82, 2.24) is 4.90 Å². The largest absolute Gasteiger partial charge is 0.342 e. The molecule has 1 heterocycles. The Hall–Kier alpha value is -0.180. The van der Waals surface area contributed by atoms with Crippen molar-refractivity contribution < 1.29 is 4.79 Å². The summed E-state index contributed by atoms with van der Waals surface area (Å²) in [5.41, 5.74) is 0.378. The molecule has 3 heteroatoms. The molecule has 2 rings (SSSR count). The van der Waals surface area contributed by atoms with Gasteiger partial charge in [0.25, 0.3) is 0 Å². The standard InChI is InChI=1S/C14H25NOS/c1-2-3-12-4-5-13(16)15(9-6-12)10-14(11-17)7-8-14/h12,17H,2-11H2,1H3. The third-order valence-electron chi connectivity index (χ3n) is 4.44. The van der Waals surface area contributed by atoms with Crippen molar-refractivity contribution >= 4 is 18.5 Å². The average molecular weight is 255 g/mol. The van der Waals surface area contributed by atoms with E-state index in [9.17, 15) is 4.79 Å². The van der Waals surface area contributed by atoms with Crippen LogP contribution in [0.4, 0.5) is 0 Å². The Bertz CT molecular complexity index is 275. The number of rotatable bonds is 5. The number of amides is 1. The van der Waals surface area contributed by atoms with Gasteiger partial charge in [-0.15, -0.1) is 0 Å². The summed E-state index contributed by atoms with van der Waals surface area (Å²) in [6, 6.07) is 0. The molecule has 0 bridgehead atoms. The van der Waals surface area contributed by atoms with Crippen molar-refractivity contribution in [2.45, 2.75) is 51.9 Å². The number of hydrogen-bond donors (Lipinski definition) is 1. The lowest BCUT2D eigenvalue weighted by molar-refractivity contribution is -0.131. The highest BCUT2D eigenvalue weighted by Crippen LogP contribution is 2.47. The maximum absolute atomic E-state index is 12.1. The molecule has 2 aliphatic rings. The topological polar surface area (TPSA) is 20.3 Å². The monoisotopic (exact) mass is 255 g/mol. The molecule has 1 amide bonds. The van der Waals surface area contributed by atoms with Crippen molar-refractivity contribution in [3.05, 3.63) is 0 Å². The van der Waals surface area contributed by atoms with Gasteiger partial charge in [-0.3, -0.25) is 4.79 Å². The van der Waals surface area contributed by atoms with Crippen LogP contribution in [0.3, 0.4) is 0 Å². The number of likely N-dealkylation sites (tertiary alicyclic amines) is 1. The smallest absolute Gasteiger partial charge is 0.222 e. The van der Waals surface area contributed by atoms with Crippen LogP contribution >= 0.6 is 12.6 Å². The molecule has 17 heavy (non-hydrogen) atoms. The van der Waals surface area contributed by atoms with Crippen molar-refractivity contribution in [3.8, 4) is 0 Å². The molecule has 0 aromatic carbocycles. The Morgan fingerprint density at radius 1 is 1.41 bits per heavy atom. The van der Waals surface area contributed by atoms with Crippen LogP contribution in [0.1, 0.15) is 51.9 Å². The highest BCUT2D eigenvalue weighted by molar-refractivity contribution is 7.80. The van der Waals surface area contributed by atoms with Gasteiger partial charge < -0.3 is 4.90 Å². The van der Waals surface area contributed by atoms with E-state index in [-0.39, 0.29) is 0 Å². The first-order chi connectivity index (χ1) is 8.19. The highest BCUT2D eigenvalue weighted by atomic mass is 32.1. The second-order valence-electron chi connectivity index (χ2n) is 5.96. The SMILES string of the molecule is CCCC1CCC(=O)N(CC2(CS)CC2)CC1. The molecular formula is C14H25NOS. The van der Waals surface area contributed by atoms with Gasteiger partial charge in [-0.05, 0) is 42.8 Å². The van der Waals surface area contributed by atoms with E-state index in [0.29, 0.717) is 11.3 Å². The molecule has 0 aromatic heterocycles. The zero-order chi connectivity index (χ0) is 12.3. The van der Waals surface area contributed by atoms with Crippen LogP contribution in [-0.4, -0.2) is 29.6 Å². The average Bonchev–Trinajstić information content (AvgIpc) is 3.11. The summed E-state index contributed by atoms with van der Waals surface area (Å²) < 4.78 is 0. The van der Waals surface area contributed by atoms with Crippen molar-refractivity contribution in [3.63, 3.8) is 0 Å². The molecule has 1 aliphatic heterocycles. The first-order valence-electron chi connectivity index (χ1n) is 7.08. The number of thiol groups is 1. The molecule has 1 saturated heterocycles. The fourth-order valence-corrected chi connectivity index (χ4v) is 3.32. The summed E-state index contributed by atoms with van der Waals surface area (Å²) >= 11 is 4.43. The zero-order valence-electron chi connectivity index (χ0n) is 11.0. The van der Waals surface area contributed by atoms with Gasteiger partial charge in [0.1, 0.15) is 0 Å². The first kappa shape index (κ1) is 13.3. The van der Waals surface area contributed by atoms with E-state index < -0.39 is 0 Å². The molecule has 1 atom stereocenters. The van der Waals surface area contributed by atoms with Crippen molar-refractivity contribution in [1.29, 1.82) is 0 Å². The summed E-state index contributed by atoms with van der Waals surface area (Å²) in [6.45, 7) is 4.19. The van der Waals surface area contributed by atoms with E-state index in [1.807, 2.05) is 0 Å². The number of carbonyl (C=O) groups excluding carboxylic acids is 1. The minimum atomic E-state index is 0.378. The van der Waals surface area contributed by atoms with Gasteiger partial charge in [-0.25, -0.2) is 0 Å². The second kappa shape index (κ2) is 5.64. The molecule has 2 fully saturated rings. The number of carbonyl (C=O) groups is 1. The fraction of sp³-hybridized carbons (Fsp3) is 0.929. The van der Waals surface area contributed by atoms with Gasteiger partial charge >= 0.3 is 0 Å². The summed E-state index contributed by atoms with van der Waals surface area (Å²) in [6.07, 6.45) is 8.15. The maximum atomic E-state index is 12.1. The molecule has 1 aliphatic carbocycles. The number of nitrogens with zero attached hydrogens (tertiary/aromatic N) is 1. The van der Waals surface area contributed by atoms with Crippen molar-refractivity contribution in [2.75, 3.05) is 18.8 Å². The fourth-order valence-electron chi connectivity index (χ4n) is 2.91. The lowest BCUT2D eigenvalue weighted by atomic mass is 9.96. The van der Waals surface area contributed by atoms with Crippen LogP contribution < -0.4 is 0 Å². The summed E-state index contributed by atoms with van der Waals surface area (Å²) in [5, 5.41) is 0. The molecule has 0 aromatic rings. The molecule has 0 spiro atoms. The van der Waals surface area contributed by atoms with Crippen molar-refractivity contribution in [2.24, 2.45) is 11.3 Å². The zero-order valence-corrected chi connectivity index (χ0v) is 11.8. The van der Waals surface area contributed by atoms with Crippen LogP contribution in [0, 0.1) is 11.3 Å². The van der Waals surface area contributed by atoms with E-state index in [2.05, 4.69) is 24.5 Å². The quantitative estimate of drug-likeness (QED) is 0.748. The van der Waals surface area contributed by atoms with Gasteiger partial charge in [0.2, 0.25) is 5.91 Å². The Balaban J connectivity index is 1.87. The van der Waals surface area contributed by atoms with Gasteiger partial charge in [0.15, 0.2) is 0 Å². The molecule has 1 unspecified atom stereocenters. The minimum absolute atomic E-state index is 0.378. The highest BCUT2D eigenvalue weighted by Gasteiger charge is 2.43. The number of hydrogen-bond acceptors (Lipinski definition) is 2. The molecule has 2 nitrogen and oxygen atoms in total. The summed E-state index contributed by atoms with van der Waals surface area (Å²) in [7, 11) is 0. The maximum Gasteiger partial charge on any atom is 0.222 e.